The second-order valence-corrected chi connectivity index (χ2v) is 1.56. The van der Waals surface area contributed by atoms with Crippen molar-refractivity contribution < 1.29 is 14.2 Å². The maximum absolute atomic E-state index is 12.2. The zero-order chi connectivity index (χ0) is 8.10. The first-order valence-electron chi connectivity index (χ1n) is 2.84. The summed E-state index contributed by atoms with van der Waals surface area (Å²) in [5.41, 5.74) is 0. The van der Waals surface area contributed by atoms with Gasteiger partial charge in [-0.25, -0.2) is 0 Å². The van der Waals surface area contributed by atoms with Gasteiger partial charge >= 0.3 is 12.1 Å². The van der Waals surface area contributed by atoms with Crippen LogP contribution >= 0.6 is 0 Å². The van der Waals surface area contributed by atoms with Crippen molar-refractivity contribution >= 4 is 0 Å². The number of aliphatic hydroxyl groups is 1. The number of hydrogen-bond acceptors (Lipinski definition) is 5. The van der Waals surface area contributed by atoms with Crippen LogP contribution in [0.25, 0.3) is 0 Å². The number of aliphatic hydroxyl groups excluding tert-OH is 1. The van der Waals surface area contributed by atoms with E-state index < -0.39 is 6.08 Å². The van der Waals surface area contributed by atoms with Gasteiger partial charge in [0.25, 0.3) is 0 Å². The summed E-state index contributed by atoms with van der Waals surface area (Å²) < 4.78 is 16.8. The Morgan fingerprint density at radius 3 is 3.00 bits per heavy atom. The van der Waals surface area contributed by atoms with Gasteiger partial charge in [-0.15, -0.1) is 4.98 Å². The van der Waals surface area contributed by atoms with E-state index in [0.29, 0.717) is 0 Å². The average molecular weight is 158 g/mol. The quantitative estimate of drug-likeness (QED) is 0.622. The lowest BCUT2D eigenvalue weighted by Crippen LogP contribution is -2.06. The Balaban J connectivity index is 2.56. The molecule has 0 saturated carbocycles. The molecule has 0 amide bonds. The highest BCUT2D eigenvalue weighted by atomic mass is 19.1. The lowest BCUT2D eigenvalue weighted by molar-refractivity contribution is 0.189. The van der Waals surface area contributed by atoms with E-state index in [0.717, 1.165) is 0 Å². The van der Waals surface area contributed by atoms with Gasteiger partial charge in [-0.1, -0.05) is 0 Å². The topological polar surface area (TPSA) is 68.1 Å². The van der Waals surface area contributed by atoms with Crippen LogP contribution in [0.15, 0.2) is 0 Å². The molecule has 1 aromatic heterocycles. The van der Waals surface area contributed by atoms with Crippen molar-refractivity contribution in [2.24, 2.45) is 0 Å². The fourth-order valence-electron chi connectivity index (χ4n) is 0.439. The molecule has 1 N–H and O–H groups in total. The van der Waals surface area contributed by atoms with Crippen molar-refractivity contribution in [1.82, 2.24) is 15.0 Å². The van der Waals surface area contributed by atoms with Gasteiger partial charge < -0.3 is 9.84 Å². The highest BCUT2D eigenvalue weighted by Crippen LogP contribution is 1.97. The Labute approximate surface area is 61.9 Å². The maximum Gasteiger partial charge on any atom is 0.322 e. The lowest BCUT2D eigenvalue weighted by Gasteiger charge is -1.98. The number of aromatic nitrogens is 3. The SMILES string of the molecule is OCCOc1n[c]nc(F)n1. The van der Waals surface area contributed by atoms with E-state index >= 15 is 0 Å². The highest BCUT2D eigenvalue weighted by Gasteiger charge is 1.98. The van der Waals surface area contributed by atoms with Crippen LogP contribution in [0.2, 0.25) is 0 Å². The minimum absolute atomic E-state index is 0.0251. The van der Waals surface area contributed by atoms with Gasteiger partial charge in [-0.2, -0.15) is 14.4 Å². The molecule has 1 aromatic rings. The summed E-state index contributed by atoms with van der Waals surface area (Å²) in [4.78, 5) is 9.51. The highest BCUT2D eigenvalue weighted by molar-refractivity contribution is 4.86. The minimum atomic E-state index is -0.951. The number of halogens is 1. The Hall–Kier alpha value is -1.30. The van der Waals surface area contributed by atoms with Crippen LogP contribution in [-0.4, -0.2) is 33.3 Å². The smallest absolute Gasteiger partial charge is 0.322 e. The van der Waals surface area contributed by atoms with Crippen molar-refractivity contribution in [3.8, 4) is 6.01 Å². The van der Waals surface area contributed by atoms with E-state index in [9.17, 15) is 4.39 Å². The second kappa shape index (κ2) is 3.77. The van der Waals surface area contributed by atoms with Gasteiger partial charge in [0, 0.05) is 0 Å². The predicted octanol–water partition coefficient (Wildman–Crippen LogP) is -0.818. The summed E-state index contributed by atoms with van der Waals surface area (Å²) in [6, 6.07) is -0.174. The van der Waals surface area contributed by atoms with Gasteiger partial charge in [-0.05, 0) is 0 Å². The number of ether oxygens (including phenoxy) is 1. The zero-order valence-electron chi connectivity index (χ0n) is 5.49. The Morgan fingerprint density at radius 2 is 2.36 bits per heavy atom. The molecule has 0 spiro atoms. The molecule has 1 rings (SSSR count). The molecule has 1 heterocycles. The monoisotopic (exact) mass is 158 g/mol. The second-order valence-electron chi connectivity index (χ2n) is 1.56. The molecule has 5 nitrogen and oxygen atoms in total. The van der Waals surface area contributed by atoms with Crippen LogP contribution in [0.3, 0.4) is 0 Å². The molecule has 6 heteroatoms. The van der Waals surface area contributed by atoms with Crippen molar-refractivity contribution in [3.05, 3.63) is 12.4 Å². The Kier molecular flexibility index (Phi) is 2.67. The molecule has 0 bridgehead atoms. The molecule has 0 aliphatic carbocycles. The summed E-state index contributed by atoms with van der Waals surface area (Å²) in [5, 5.41) is 8.30. The summed E-state index contributed by atoms with van der Waals surface area (Å²) in [5.74, 6) is 0. The van der Waals surface area contributed by atoms with Gasteiger partial charge in [0.2, 0.25) is 6.33 Å². The van der Waals surface area contributed by atoms with Crippen LogP contribution in [-0.2, 0) is 0 Å². The van der Waals surface area contributed by atoms with Gasteiger partial charge in [0.1, 0.15) is 6.61 Å². The van der Waals surface area contributed by atoms with E-state index in [2.05, 4.69) is 19.7 Å². The van der Waals surface area contributed by atoms with Crippen LogP contribution in [0.5, 0.6) is 6.01 Å². The summed E-state index contributed by atoms with van der Waals surface area (Å²) in [6.45, 7) is -0.148. The van der Waals surface area contributed by atoms with E-state index in [-0.39, 0.29) is 19.2 Å². The molecular weight excluding hydrogens is 153 g/mol. The molecule has 0 aromatic carbocycles. The van der Waals surface area contributed by atoms with Gasteiger partial charge in [0.15, 0.2) is 0 Å². The summed E-state index contributed by atoms with van der Waals surface area (Å²) in [6.07, 6.45) is 1.04. The number of nitrogens with zero attached hydrogens (tertiary/aromatic N) is 3. The third-order valence-corrected chi connectivity index (χ3v) is 0.798. The minimum Gasteiger partial charge on any atom is -0.461 e. The first-order valence-corrected chi connectivity index (χ1v) is 2.84. The standard InChI is InChI=1S/C5H5FN3O2/c6-4-7-3-8-5(9-4)11-2-1-10/h10H,1-2H2. The van der Waals surface area contributed by atoms with Crippen LogP contribution in [0.4, 0.5) is 4.39 Å². The fourth-order valence-corrected chi connectivity index (χ4v) is 0.439. The van der Waals surface area contributed by atoms with Crippen molar-refractivity contribution in [2.75, 3.05) is 13.2 Å². The van der Waals surface area contributed by atoms with Crippen LogP contribution < -0.4 is 4.74 Å². The summed E-state index contributed by atoms with van der Waals surface area (Å²) in [7, 11) is 0. The Morgan fingerprint density at radius 1 is 1.55 bits per heavy atom. The number of hydrogen-bond donors (Lipinski definition) is 1. The third-order valence-electron chi connectivity index (χ3n) is 0.798. The van der Waals surface area contributed by atoms with E-state index in [1.807, 2.05) is 6.33 Å². The lowest BCUT2D eigenvalue weighted by atomic mass is 10.8. The average Bonchev–Trinajstić information content (AvgIpc) is 2.01. The van der Waals surface area contributed by atoms with E-state index in [1.165, 1.54) is 0 Å². The van der Waals surface area contributed by atoms with Crippen molar-refractivity contribution in [2.45, 2.75) is 0 Å². The largest absolute Gasteiger partial charge is 0.461 e. The molecule has 0 saturated heterocycles. The van der Waals surface area contributed by atoms with E-state index in [4.69, 9.17) is 5.11 Å². The summed E-state index contributed by atoms with van der Waals surface area (Å²) >= 11 is 0. The molecule has 59 valence electrons. The van der Waals surface area contributed by atoms with Crippen molar-refractivity contribution in [1.29, 1.82) is 0 Å². The molecular formula is C5H5FN3O2. The predicted molar refractivity (Wildman–Crippen MR) is 31.2 cm³/mol. The first-order chi connectivity index (χ1) is 5.33. The molecule has 0 aliphatic rings. The maximum atomic E-state index is 12.2. The normalized spacial score (nSPS) is 9.64. The molecule has 11 heavy (non-hydrogen) atoms. The molecule has 0 atom stereocenters. The molecule has 0 fully saturated rings. The van der Waals surface area contributed by atoms with E-state index in [1.54, 1.807) is 0 Å². The molecule has 0 aliphatic heterocycles. The zero-order valence-corrected chi connectivity index (χ0v) is 5.49. The van der Waals surface area contributed by atoms with Crippen LogP contribution in [0, 0.1) is 12.4 Å². The molecule has 1 radical (unpaired) electrons. The van der Waals surface area contributed by atoms with Gasteiger partial charge in [-0.3, -0.25) is 0 Å². The Bertz CT molecular complexity index is 233. The van der Waals surface area contributed by atoms with Crippen LogP contribution in [0.1, 0.15) is 0 Å². The fraction of sp³-hybridized carbons (Fsp3) is 0.400. The number of rotatable bonds is 3. The van der Waals surface area contributed by atoms with Gasteiger partial charge in [0.05, 0.1) is 6.61 Å². The molecule has 0 unspecified atom stereocenters. The third kappa shape index (κ3) is 2.42. The van der Waals surface area contributed by atoms with Crippen molar-refractivity contribution in [3.63, 3.8) is 0 Å². The first kappa shape index (κ1) is 7.80.